The van der Waals surface area contributed by atoms with Crippen LogP contribution in [0.2, 0.25) is 0 Å². The molecule has 0 aliphatic heterocycles. The van der Waals surface area contributed by atoms with Crippen molar-refractivity contribution in [1.82, 2.24) is 9.36 Å². The third kappa shape index (κ3) is 4.22. The van der Waals surface area contributed by atoms with Crippen LogP contribution in [0.4, 0.5) is 5.69 Å². The first-order valence-corrected chi connectivity index (χ1v) is 12.0. The third-order valence-corrected chi connectivity index (χ3v) is 7.27. The summed E-state index contributed by atoms with van der Waals surface area (Å²) >= 11 is 6.69. The molecule has 0 amide bonds. The summed E-state index contributed by atoms with van der Waals surface area (Å²) in [7, 11) is -1.95. The smallest absolute Gasteiger partial charge is 0.275 e. The lowest BCUT2D eigenvalue weighted by molar-refractivity contribution is 0.601. The lowest BCUT2D eigenvalue weighted by atomic mass is 10.0. The van der Waals surface area contributed by atoms with Crippen LogP contribution in [0.25, 0.3) is 5.69 Å². The van der Waals surface area contributed by atoms with Gasteiger partial charge in [-0.2, -0.15) is 0 Å². The van der Waals surface area contributed by atoms with Crippen molar-refractivity contribution in [2.24, 2.45) is 7.05 Å². The molecular formula is C20H21Br2N3O3S. The highest BCUT2D eigenvalue weighted by atomic mass is 79.9. The van der Waals surface area contributed by atoms with Gasteiger partial charge >= 0.3 is 0 Å². The van der Waals surface area contributed by atoms with Gasteiger partial charge in [0.2, 0.25) is 0 Å². The second-order valence-electron chi connectivity index (χ2n) is 7.02. The molecule has 1 aromatic heterocycles. The molecule has 0 saturated heterocycles. The Morgan fingerprint density at radius 3 is 2.17 bits per heavy atom. The molecule has 0 saturated carbocycles. The quantitative estimate of drug-likeness (QED) is 0.496. The van der Waals surface area contributed by atoms with Crippen molar-refractivity contribution in [3.63, 3.8) is 0 Å². The number of anilines is 1. The van der Waals surface area contributed by atoms with Crippen LogP contribution < -0.4 is 10.3 Å². The maximum Gasteiger partial charge on any atom is 0.275 e. The molecule has 29 heavy (non-hydrogen) atoms. The van der Waals surface area contributed by atoms with E-state index in [-0.39, 0.29) is 16.4 Å². The average molecular weight is 543 g/mol. The summed E-state index contributed by atoms with van der Waals surface area (Å²) in [5, 5.41) is 0. The maximum atomic E-state index is 12.8. The molecule has 0 spiro atoms. The van der Waals surface area contributed by atoms with Crippen molar-refractivity contribution in [1.29, 1.82) is 0 Å². The van der Waals surface area contributed by atoms with Gasteiger partial charge < -0.3 is 0 Å². The molecule has 0 fully saturated rings. The van der Waals surface area contributed by atoms with E-state index in [4.69, 9.17) is 0 Å². The van der Waals surface area contributed by atoms with Gasteiger partial charge in [0.05, 0.1) is 16.3 Å². The van der Waals surface area contributed by atoms with Gasteiger partial charge in [0, 0.05) is 27.3 Å². The molecule has 0 atom stereocenters. The Morgan fingerprint density at radius 1 is 1.03 bits per heavy atom. The van der Waals surface area contributed by atoms with E-state index in [1.807, 2.05) is 27.8 Å². The van der Waals surface area contributed by atoms with E-state index in [2.05, 4.69) is 36.6 Å². The van der Waals surface area contributed by atoms with E-state index in [1.54, 1.807) is 39.7 Å². The third-order valence-electron chi connectivity index (χ3n) is 4.74. The minimum atomic E-state index is -3.77. The van der Waals surface area contributed by atoms with Crippen LogP contribution in [-0.4, -0.2) is 17.8 Å². The topological polar surface area (TPSA) is 73.1 Å². The largest absolute Gasteiger partial charge is 0.285 e. The van der Waals surface area contributed by atoms with Gasteiger partial charge in [0.15, 0.2) is 0 Å². The van der Waals surface area contributed by atoms with Crippen molar-refractivity contribution in [3.05, 3.63) is 73.0 Å². The molecule has 0 radical (unpaired) electrons. The van der Waals surface area contributed by atoms with Gasteiger partial charge in [-0.3, -0.25) is 14.2 Å². The van der Waals surface area contributed by atoms with E-state index >= 15 is 0 Å². The summed E-state index contributed by atoms with van der Waals surface area (Å²) in [6, 6.07) is 11.4. The number of hydrogen-bond donors (Lipinski definition) is 1. The number of nitrogens with zero attached hydrogens (tertiary/aromatic N) is 2. The van der Waals surface area contributed by atoms with Crippen LogP contribution in [0.15, 0.2) is 61.1 Å². The fourth-order valence-corrected chi connectivity index (χ4v) is 5.58. The summed E-state index contributed by atoms with van der Waals surface area (Å²) in [6.45, 7) is 5.87. The second kappa shape index (κ2) is 8.12. The molecule has 3 aromatic rings. The van der Waals surface area contributed by atoms with Crippen LogP contribution in [-0.2, 0) is 17.1 Å². The van der Waals surface area contributed by atoms with Crippen molar-refractivity contribution in [2.75, 3.05) is 4.72 Å². The number of aromatic nitrogens is 2. The molecule has 1 heterocycles. The lowest BCUT2D eigenvalue weighted by Crippen LogP contribution is -2.21. The summed E-state index contributed by atoms with van der Waals surface area (Å²) in [5.41, 5.74) is 2.60. The Balaban J connectivity index is 1.97. The second-order valence-corrected chi connectivity index (χ2v) is 10.5. The standard InChI is InChI=1S/C20H21Br2N3O3S/c1-12(2)19-13(3)24(4)25(20(19)26)15-6-8-16(9-7-15)29(27,28)23-18-10-5-14(21)11-17(18)22/h5-12,23H,1-4H3. The molecule has 1 N–H and O–H groups in total. The van der Waals surface area contributed by atoms with Gasteiger partial charge in [0.25, 0.3) is 15.6 Å². The molecule has 0 bridgehead atoms. The SMILES string of the molecule is Cc1c(C(C)C)c(=O)n(-c2ccc(S(=O)(=O)Nc3ccc(Br)cc3Br)cc2)n1C. The molecule has 154 valence electrons. The highest BCUT2D eigenvalue weighted by molar-refractivity contribution is 9.11. The number of benzene rings is 2. The molecule has 3 rings (SSSR count). The Kier molecular flexibility index (Phi) is 6.12. The molecular weight excluding hydrogens is 522 g/mol. The van der Waals surface area contributed by atoms with E-state index in [9.17, 15) is 13.2 Å². The first kappa shape index (κ1) is 21.9. The Labute approximate surface area is 186 Å². The summed E-state index contributed by atoms with van der Waals surface area (Å²) in [4.78, 5) is 13.0. The van der Waals surface area contributed by atoms with Gasteiger partial charge in [-0.05, 0) is 71.2 Å². The Bertz CT molecular complexity index is 1230. The zero-order valence-electron chi connectivity index (χ0n) is 16.4. The molecule has 0 unspecified atom stereocenters. The maximum absolute atomic E-state index is 12.8. The molecule has 0 aliphatic rings. The zero-order chi connectivity index (χ0) is 21.5. The van der Waals surface area contributed by atoms with Crippen LogP contribution in [0.5, 0.6) is 0 Å². The summed E-state index contributed by atoms with van der Waals surface area (Å²) < 4.78 is 32.9. The number of sulfonamides is 1. The van der Waals surface area contributed by atoms with Gasteiger partial charge in [-0.15, -0.1) is 0 Å². The number of rotatable bonds is 5. The van der Waals surface area contributed by atoms with Crippen LogP contribution >= 0.6 is 31.9 Å². The molecule has 0 aliphatic carbocycles. The fourth-order valence-electron chi connectivity index (χ4n) is 3.23. The van der Waals surface area contributed by atoms with Crippen molar-refractivity contribution < 1.29 is 8.42 Å². The monoisotopic (exact) mass is 541 g/mol. The molecule has 2 aromatic carbocycles. The highest BCUT2D eigenvalue weighted by Crippen LogP contribution is 2.28. The van der Waals surface area contributed by atoms with E-state index in [0.717, 1.165) is 15.7 Å². The first-order valence-electron chi connectivity index (χ1n) is 8.89. The van der Waals surface area contributed by atoms with Crippen molar-refractivity contribution in [3.8, 4) is 5.69 Å². The highest BCUT2D eigenvalue weighted by Gasteiger charge is 2.20. The summed E-state index contributed by atoms with van der Waals surface area (Å²) in [5.74, 6) is 0.100. The van der Waals surface area contributed by atoms with E-state index in [0.29, 0.717) is 15.8 Å². The Morgan fingerprint density at radius 2 is 1.66 bits per heavy atom. The van der Waals surface area contributed by atoms with Crippen molar-refractivity contribution in [2.45, 2.75) is 31.6 Å². The Hall–Kier alpha value is -1.84. The minimum absolute atomic E-state index is 0.0903. The zero-order valence-corrected chi connectivity index (χ0v) is 20.4. The minimum Gasteiger partial charge on any atom is -0.285 e. The lowest BCUT2D eigenvalue weighted by Gasteiger charge is -2.12. The van der Waals surface area contributed by atoms with Gasteiger partial charge in [-0.1, -0.05) is 29.8 Å². The van der Waals surface area contributed by atoms with E-state index in [1.165, 1.54) is 12.1 Å². The first-order chi connectivity index (χ1) is 13.5. The predicted molar refractivity (Wildman–Crippen MR) is 122 cm³/mol. The fraction of sp³-hybridized carbons (Fsp3) is 0.250. The molecule has 6 nitrogen and oxygen atoms in total. The normalized spacial score (nSPS) is 11.8. The van der Waals surface area contributed by atoms with Crippen LogP contribution in [0, 0.1) is 6.92 Å². The van der Waals surface area contributed by atoms with E-state index < -0.39 is 10.0 Å². The predicted octanol–water partition coefficient (Wildman–Crippen LogP) is 4.93. The number of halogens is 2. The number of nitrogens with one attached hydrogen (secondary N) is 1. The number of hydrogen-bond acceptors (Lipinski definition) is 3. The van der Waals surface area contributed by atoms with Crippen LogP contribution in [0.3, 0.4) is 0 Å². The van der Waals surface area contributed by atoms with Crippen LogP contribution in [0.1, 0.15) is 31.0 Å². The van der Waals surface area contributed by atoms with Gasteiger partial charge in [0.1, 0.15) is 0 Å². The average Bonchev–Trinajstić information content (AvgIpc) is 2.86. The van der Waals surface area contributed by atoms with Gasteiger partial charge in [-0.25, -0.2) is 13.1 Å². The van der Waals surface area contributed by atoms with Crippen molar-refractivity contribution >= 4 is 47.6 Å². The molecule has 9 heteroatoms. The summed E-state index contributed by atoms with van der Waals surface area (Å²) in [6.07, 6.45) is 0.